The predicted octanol–water partition coefficient (Wildman–Crippen LogP) is 4.90. The quantitative estimate of drug-likeness (QED) is 0.200. The highest BCUT2D eigenvalue weighted by Gasteiger charge is 2.30. The summed E-state index contributed by atoms with van der Waals surface area (Å²) < 4.78 is 0. The number of nitrogens with two attached hydrogens (primary N) is 2. The van der Waals surface area contributed by atoms with Gasteiger partial charge in [-0.1, -0.05) is 84.9 Å². The minimum atomic E-state index is 0.00108. The SMILES string of the molecule is C/C(=C/N)C(N)Cc1ccc2ccccc2c1.C1=C(C2CNC2)C(Cc2ccc3ccccc3c2)NN1.C1CCNC1. The molecule has 3 aliphatic heterocycles. The monoisotopic (exact) mass is 562 g/mol. The molecule has 2 fully saturated rings. The molecule has 0 spiro atoms. The van der Waals surface area contributed by atoms with E-state index in [9.17, 15) is 0 Å². The third-order valence-electron chi connectivity index (χ3n) is 8.48. The molecule has 6 heteroatoms. The maximum absolute atomic E-state index is 6.06. The highest BCUT2D eigenvalue weighted by Crippen LogP contribution is 2.25. The summed E-state index contributed by atoms with van der Waals surface area (Å²) in [5.74, 6) is 0.697. The Balaban J connectivity index is 0.000000146. The second-order valence-electron chi connectivity index (χ2n) is 11.6. The van der Waals surface area contributed by atoms with Gasteiger partial charge in [0.15, 0.2) is 0 Å². The molecule has 4 aromatic carbocycles. The number of rotatable bonds is 6. The lowest BCUT2D eigenvalue weighted by molar-refractivity contribution is 0.376. The van der Waals surface area contributed by atoms with Gasteiger partial charge in [-0.2, -0.15) is 0 Å². The molecule has 2 saturated heterocycles. The number of hydrazine groups is 1. The molecule has 2 unspecified atom stereocenters. The van der Waals surface area contributed by atoms with Gasteiger partial charge in [-0.05, 0) is 95.7 Å². The van der Waals surface area contributed by atoms with E-state index in [1.807, 2.05) is 6.92 Å². The molecule has 3 heterocycles. The van der Waals surface area contributed by atoms with E-state index in [1.165, 1.54) is 64.2 Å². The summed E-state index contributed by atoms with van der Waals surface area (Å²) in [6.07, 6.45) is 8.38. The highest BCUT2D eigenvalue weighted by atomic mass is 15.4. The molecule has 6 nitrogen and oxygen atoms in total. The molecule has 3 aliphatic rings. The molecular weight excluding hydrogens is 516 g/mol. The van der Waals surface area contributed by atoms with Crippen LogP contribution in [-0.4, -0.2) is 38.3 Å². The predicted molar refractivity (Wildman–Crippen MR) is 178 cm³/mol. The van der Waals surface area contributed by atoms with Gasteiger partial charge in [-0.25, -0.2) is 5.43 Å². The molecule has 42 heavy (non-hydrogen) atoms. The van der Waals surface area contributed by atoms with Crippen molar-refractivity contribution in [2.75, 3.05) is 26.2 Å². The maximum atomic E-state index is 6.06. The topological polar surface area (TPSA) is 100 Å². The Morgan fingerprint density at radius 2 is 1.40 bits per heavy atom. The van der Waals surface area contributed by atoms with Gasteiger partial charge in [0.1, 0.15) is 0 Å². The largest absolute Gasteiger partial charge is 0.405 e. The standard InChI is InChI=1S/C17H19N3.C15H18N2.C4H9N/c1-2-4-14-7-12(5-6-13(14)3-1)8-17-16(11-19-20-17)15-9-18-10-15;1-11(10-16)15(17)9-12-6-7-13-4-2-3-5-14(13)8-12;1-2-4-5-3-1/h1-7,11,15,17-20H,8-10H2;2-8,10,15H,9,16-17H2,1H3;5H,1-4H2/b;11-10-;. The van der Waals surface area contributed by atoms with Crippen molar-refractivity contribution in [1.82, 2.24) is 21.5 Å². The van der Waals surface area contributed by atoms with Crippen LogP contribution in [0.3, 0.4) is 0 Å². The van der Waals surface area contributed by atoms with Crippen molar-refractivity contribution in [2.45, 2.75) is 44.7 Å². The summed E-state index contributed by atoms with van der Waals surface area (Å²) in [7, 11) is 0. The van der Waals surface area contributed by atoms with E-state index in [0.717, 1.165) is 31.5 Å². The van der Waals surface area contributed by atoms with Crippen LogP contribution in [0.4, 0.5) is 0 Å². The molecule has 0 amide bonds. The van der Waals surface area contributed by atoms with Crippen molar-refractivity contribution in [2.24, 2.45) is 17.4 Å². The van der Waals surface area contributed by atoms with Crippen molar-refractivity contribution in [3.63, 3.8) is 0 Å². The first-order chi connectivity index (χ1) is 20.6. The molecule has 4 aromatic rings. The summed E-state index contributed by atoms with van der Waals surface area (Å²) in [4.78, 5) is 0. The summed E-state index contributed by atoms with van der Waals surface area (Å²) in [6.45, 7) is 6.69. The minimum absolute atomic E-state index is 0.00108. The van der Waals surface area contributed by atoms with Crippen LogP contribution in [-0.2, 0) is 12.8 Å². The van der Waals surface area contributed by atoms with Crippen molar-refractivity contribution in [3.05, 3.63) is 120 Å². The lowest BCUT2D eigenvalue weighted by atomic mass is 9.87. The summed E-state index contributed by atoms with van der Waals surface area (Å²) in [6, 6.07) is 30.6. The Morgan fingerprint density at radius 1 is 0.810 bits per heavy atom. The fourth-order valence-electron chi connectivity index (χ4n) is 5.64. The van der Waals surface area contributed by atoms with Crippen LogP contribution in [0.1, 0.15) is 30.9 Å². The van der Waals surface area contributed by atoms with Gasteiger partial charge >= 0.3 is 0 Å². The van der Waals surface area contributed by atoms with Crippen LogP contribution in [0.15, 0.2) is 108 Å². The third-order valence-corrected chi connectivity index (χ3v) is 8.48. The zero-order valence-corrected chi connectivity index (χ0v) is 24.8. The second-order valence-corrected chi connectivity index (χ2v) is 11.6. The fourth-order valence-corrected chi connectivity index (χ4v) is 5.64. The summed E-state index contributed by atoms with van der Waals surface area (Å²) >= 11 is 0. The minimum Gasteiger partial charge on any atom is -0.405 e. The fraction of sp³-hybridized carbons (Fsp3) is 0.333. The number of fused-ring (bicyclic) bond motifs is 2. The zero-order valence-electron chi connectivity index (χ0n) is 24.8. The van der Waals surface area contributed by atoms with Gasteiger partial charge < -0.3 is 27.5 Å². The molecule has 2 atom stereocenters. The van der Waals surface area contributed by atoms with Crippen molar-refractivity contribution < 1.29 is 0 Å². The van der Waals surface area contributed by atoms with Crippen LogP contribution in [0.25, 0.3) is 21.5 Å². The van der Waals surface area contributed by atoms with Crippen LogP contribution < -0.4 is 33.0 Å². The summed E-state index contributed by atoms with van der Waals surface area (Å²) in [5, 5.41) is 11.7. The van der Waals surface area contributed by atoms with Crippen molar-refractivity contribution in [3.8, 4) is 0 Å². The molecule has 220 valence electrons. The van der Waals surface area contributed by atoms with Gasteiger partial charge in [0.2, 0.25) is 0 Å². The number of hydrogen-bond acceptors (Lipinski definition) is 6. The zero-order chi connectivity index (χ0) is 29.1. The Bertz CT molecular complexity index is 1490. The Morgan fingerprint density at radius 3 is 1.95 bits per heavy atom. The van der Waals surface area contributed by atoms with Gasteiger partial charge in [-0.3, -0.25) is 0 Å². The Kier molecular flexibility index (Phi) is 10.6. The maximum Gasteiger partial charge on any atom is 0.0531 e. The first kappa shape index (κ1) is 29.8. The van der Waals surface area contributed by atoms with E-state index in [1.54, 1.807) is 6.20 Å². The van der Waals surface area contributed by atoms with Crippen LogP contribution >= 0.6 is 0 Å². The van der Waals surface area contributed by atoms with Gasteiger partial charge in [0.25, 0.3) is 0 Å². The Hall–Kier alpha value is -3.68. The van der Waals surface area contributed by atoms with Crippen molar-refractivity contribution >= 4 is 21.5 Å². The smallest absolute Gasteiger partial charge is 0.0531 e. The molecule has 0 saturated carbocycles. The highest BCUT2D eigenvalue weighted by molar-refractivity contribution is 5.83. The number of hydrogen-bond donors (Lipinski definition) is 6. The van der Waals surface area contributed by atoms with E-state index in [0.29, 0.717) is 12.0 Å². The van der Waals surface area contributed by atoms with E-state index >= 15 is 0 Å². The number of benzene rings is 4. The lowest BCUT2D eigenvalue weighted by Gasteiger charge is -2.31. The molecule has 0 aliphatic carbocycles. The van der Waals surface area contributed by atoms with E-state index in [2.05, 4.69) is 113 Å². The average Bonchev–Trinajstić information content (AvgIpc) is 3.73. The van der Waals surface area contributed by atoms with Gasteiger partial charge in [-0.15, -0.1) is 0 Å². The van der Waals surface area contributed by atoms with Crippen LogP contribution in [0.2, 0.25) is 0 Å². The van der Waals surface area contributed by atoms with Crippen molar-refractivity contribution in [1.29, 1.82) is 0 Å². The summed E-state index contributed by atoms with van der Waals surface area (Å²) in [5.41, 5.74) is 23.3. The molecule has 7 rings (SSSR count). The normalized spacial score (nSPS) is 19.1. The Labute approximate surface area is 250 Å². The lowest BCUT2D eigenvalue weighted by Crippen LogP contribution is -2.46. The van der Waals surface area contributed by atoms with E-state index in [4.69, 9.17) is 11.5 Å². The van der Waals surface area contributed by atoms with E-state index < -0.39 is 0 Å². The van der Waals surface area contributed by atoms with Crippen LogP contribution in [0.5, 0.6) is 0 Å². The first-order valence-corrected chi connectivity index (χ1v) is 15.3. The van der Waals surface area contributed by atoms with E-state index in [-0.39, 0.29) is 6.04 Å². The average molecular weight is 563 g/mol. The second kappa shape index (κ2) is 15.0. The number of nitrogens with one attached hydrogen (secondary N) is 4. The molecule has 0 radical (unpaired) electrons. The van der Waals surface area contributed by atoms with Gasteiger partial charge in [0, 0.05) is 31.2 Å². The van der Waals surface area contributed by atoms with Gasteiger partial charge in [0.05, 0.1) is 6.04 Å². The molecule has 8 N–H and O–H groups in total. The first-order valence-electron chi connectivity index (χ1n) is 15.3. The van der Waals surface area contributed by atoms with Crippen LogP contribution in [0, 0.1) is 5.92 Å². The third kappa shape index (κ3) is 7.99. The molecular formula is C36H46N6. The molecule has 0 bridgehead atoms. The molecule has 0 aromatic heterocycles.